The summed E-state index contributed by atoms with van der Waals surface area (Å²) in [5.74, 6) is -14.1. The van der Waals surface area contributed by atoms with Gasteiger partial charge in [-0.25, -0.2) is 14.4 Å². The second-order valence-electron chi connectivity index (χ2n) is 7.69. The van der Waals surface area contributed by atoms with Crippen LogP contribution in [0.5, 0.6) is 0 Å². The fraction of sp³-hybridized carbons (Fsp3) is 0.286. The molecular formula is C21H21N3O15. The van der Waals surface area contributed by atoms with E-state index < -0.39 is 108 Å². The zero-order valence-electron chi connectivity index (χ0n) is 19.4. The van der Waals surface area contributed by atoms with Crippen LogP contribution in [0.4, 0.5) is 0 Å². The molecule has 0 aliphatic carbocycles. The number of aliphatic carboxylic acids is 6. The molecule has 3 amide bonds. The van der Waals surface area contributed by atoms with Gasteiger partial charge in [0.05, 0.1) is 19.3 Å². The van der Waals surface area contributed by atoms with Crippen LogP contribution in [-0.2, 0) is 28.8 Å². The van der Waals surface area contributed by atoms with Gasteiger partial charge in [0.1, 0.15) is 18.1 Å². The van der Waals surface area contributed by atoms with Gasteiger partial charge in [-0.1, -0.05) is 0 Å². The van der Waals surface area contributed by atoms with Gasteiger partial charge in [-0.15, -0.1) is 0 Å². The van der Waals surface area contributed by atoms with Gasteiger partial charge >= 0.3 is 35.8 Å². The highest BCUT2D eigenvalue weighted by Gasteiger charge is 2.28. The van der Waals surface area contributed by atoms with Crippen molar-refractivity contribution in [2.24, 2.45) is 0 Å². The van der Waals surface area contributed by atoms with Crippen LogP contribution in [0, 0.1) is 0 Å². The summed E-state index contributed by atoms with van der Waals surface area (Å²) in [5, 5.41) is 59.4. The first-order valence-electron chi connectivity index (χ1n) is 10.4. The number of carbonyl (C=O) groups excluding carboxylic acids is 3. The lowest BCUT2D eigenvalue weighted by Crippen LogP contribution is -2.44. The van der Waals surface area contributed by atoms with E-state index in [1.54, 1.807) is 0 Å². The average Bonchev–Trinajstić information content (AvgIpc) is 2.81. The molecule has 0 aromatic heterocycles. The number of carboxylic acid groups (broad SMARTS) is 6. The van der Waals surface area contributed by atoms with Crippen molar-refractivity contribution in [1.82, 2.24) is 16.0 Å². The van der Waals surface area contributed by atoms with Crippen LogP contribution in [0.2, 0.25) is 0 Å². The zero-order valence-corrected chi connectivity index (χ0v) is 19.4. The first-order chi connectivity index (χ1) is 18.0. The topological polar surface area (TPSA) is 311 Å². The Labute approximate surface area is 216 Å². The highest BCUT2D eigenvalue weighted by atomic mass is 16.4. The second-order valence-corrected chi connectivity index (χ2v) is 7.69. The predicted octanol–water partition coefficient (Wildman–Crippen LogP) is -2.34. The molecule has 9 N–H and O–H groups in total. The number of carbonyl (C=O) groups is 9. The van der Waals surface area contributed by atoms with Crippen molar-refractivity contribution < 1.29 is 73.8 Å². The number of carboxylic acids is 6. The summed E-state index contributed by atoms with van der Waals surface area (Å²) in [6.07, 6.45) is -3.21. The zero-order chi connectivity index (χ0) is 30.0. The summed E-state index contributed by atoms with van der Waals surface area (Å²) in [7, 11) is 0. The van der Waals surface area contributed by atoms with Crippen molar-refractivity contribution in [2.75, 3.05) is 0 Å². The van der Waals surface area contributed by atoms with E-state index in [1.165, 1.54) is 0 Å². The number of rotatable bonds is 15. The molecule has 18 nitrogen and oxygen atoms in total. The van der Waals surface area contributed by atoms with Crippen LogP contribution < -0.4 is 16.0 Å². The van der Waals surface area contributed by atoms with Crippen LogP contribution in [0.3, 0.4) is 0 Å². The standard InChI is InChI=1S/C21H21N3O15/c25-13(26)4-10(19(34)35)22-16(31)7-1-8(17(32)23-11(20(36)37)5-14(27)28)3-9(2-7)18(33)24-12(21(38)39)6-15(29)30/h1-3,10-12H,4-6H2,(H,22,31)(H,23,32)(H,24,33)(H,25,26)(H,27,28)(H,29,30)(H,34,35)(H,36,37)(H,38,39)/t10-,11-,12-/m0/s1. The Morgan fingerprint density at radius 3 is 0.821 bits per heavy atom. The fourth-order valence-corrected chi connectivity index (χ4v) is 2.87. The van der Waals surface area contributed by atoms with Gasteiger partial charge in [0.25, 0.3) is 17.7 Å². The highest BCUT2D eigenvalue weighted by Crippen LogP contribution is 2.14. The predicted molar refractivity (Wildman–Crippen MR) is 120 cm³/mol. The summed E-state index contributed by atoms with van der Waals surface area (Å²) in [6.45, 7) is 0. The monoisotopic (exact) mass is 555 g/mol. The molecule has 39 heavy (non-hydrogen) atoms. The van der Waals surface area contributed by atoms with Crippen molar-refractivity contribution in [3.8, 4) is 0 Å². The maximum Gasteiger partial charge on any atom is 0.326 e. The van der Waals surface area contributed by atoms with Gasteiger partial charge in [-0.2, -0.15) is 0 Å². The Hall–Kier alpha value is -5.55. The summed E-state index contributed by atoms with van der Waals surface area (Å²) in [4.78, 5) is 105. The lowest BCUT2D eigenvalue weighted by molar-refractivity contribution is -0.145. The van der Waals surface area contributed by atoms with Gasteiger partial charge in [0, 0.05) is 16.7 Å². The molecule has 0 unspecified atom stereocenters. The Morgan fingerprint density at radius 1 is 0.462 bits per heavy atom. The molecule has 1 rings (SSSR count). The molecule has 18 heteroatoms. The molecule has 0 heterocycles. The van der Waals surface area contributed by atoms with E-state index in [0.717, 1.165) is 18.2 Å². The minimum absolute atomic E-state index is 0.653. The Bertz CT molecular complexity index is 1070. The van der Waals surface area contributed by atoms with E-state index in [1.807, 2.05) is 16.0 Å². The molecule has 210 valence electrons. The number of hydrogen-bond donors (Lipinski definition) is 9. The molecule has 3 atom stereocenters. The van der Waals surface area contributed by atoms with E-state index >= 15 is 0 Å². The number of nitrogens with one attached hydrogen (secondary N) is 3. The Kier molecular flexibility index (Phi) is 11.0. The molecule has 0 bridgehead atoms. The molecule has 0 aliphatic heterocycles. The van der Waals surface area contributed by atoms with E-state index in [9.17, 15) is 43.2 Å². The van der Waals surface area contributed by atoms with Crippen LogP contribution in [0.1, 0.15) is 50.3 Å². The fourth-order valence-electron chi connectivity index (χ4n) is 2.87. The van der Waals surface area contributed by atoms with Crippen molar-refractivity contribution in [3.63, 3.8) is 0 Å². The van der Waals surface area contributed by atoms with E-state index in [4.69, 9.17) is 30.6 Å². The van der Waals surface area contributed by atoms with Crippen LogP contribution in [-0.4, -0.2) is 102 Å². The minimum Gasteiger partial charge on any atom is -0.481 e. The molecular weight excluding hydrogens is 534 g/mol. The molecule has 0 radical (unpaired) electrons. The van der Waals surface area contributed by atoms with Gasteiger partial charge in [0.15, 0.2) is 0 Å². The first kappa shape index (κ1) is 31.5. The third-order valence-corrected chi connectivity index (χ3v) is 4.67. The maximum absolute atomic E-state index is 12.7. The van der Waals surface area contributed by atoms with E-state index in [2.05, 4.69) is 0 Å². The normalized spacial score (nSPS) is 12.6. The van der Waals surface area contributed by atoms with Crippen molar-refractivity contribution in [2.45, 2.75) is 37.4 Å². The Morgan fingerprint density at radius 2 is 0.667 bits per heavy atom. The molecule has 0 fully saturated rings. The number of amides is 3. The highest BCUT2D eigenvalue weighted by molar-refractivity contribution is 6.06. The van der Waals surface area contributed by atoms with Gasteiger partial charge < -0.3 is 46.6 Å². The molecule has 1 aromatic carbocycles. The van der Waals surface area contributed by atoms with Crippen LogP contribution >= 0.6 is 0 Å². The van der Waals surface area contributed by atoms with Gasteiger partial charge in [0.2, 0.25) is 0 Å². The largest absolute Gasteiger partial charge is 0.481 e. The molecule has 0 aliphatic rings. The van der Waals surface area contributed by atoms with E-state index in [-0.39, 0.29) is 0 Å². The third kappa shape index (κ3) is 10.1. The smallest absolute Gasteiger partial charge is 0.326 e. The molecule has 0 spiro atoms. The van der Waals surface area contributed by atoms with Crippen molar-refractivity contribution in [1.29, 1.82) is 0 Å². The summed E-state index contributed by atoms with van der Waals surface area (Å²) in [5.41, 5.74) is -1.96. The molecule has 0 saturated carbocycles. The van der Waals surface area contributed by atoms with Gasteiger partial charge in [-0.3, -0.25) is 28.8 Å². The average molecular weight is 555 g/mol. The number of benzene rings is 1. The first-order valence-corrected chi connectivity index (χ1v) is 10.4. The van der Waals surface area contributed by atoms with Crippen LogP contribution in [0.15, 0.2) is 18.2 Å². The Balaban J connectivity index is 3.51. The molecule has 0 saturated heterocycles. The lowest BCUT2D eigenvalue weighted by atomic mass is 10.0. The lowest BCUT2D eigenvalue weighted by Gasteiger charge is -2.17. The van der Waals surface area contributed by atoms with Crippen LogP contribution in [0.25, 0.3) is 0 Å². The summed E-state index contributed by atoms with van der Waals surface area (Å²) < 4.78 is 0. The summed E-state index contributed by atoms with van der Waals surface area (Å²) >= 11 is 0. The van der Waals surface area contributed by atoms with Crippen molar-refractivity contribution in [3.05, 3.63) is 34.9 Å². The molecule has 1 aromatic rings. The minimum atomic E-state index is -1.97. The number of hydrogen-bond acceptors (Lipinski definition) is 9. The second kappa shape index (κ2) is 13.7. The third-order valence-electron chi connectivity index (χ3n) is 4.67. The quantitative estimate of drug-likeness (QED) is 0.109. The van der Waals surface area contributed by atoms with E-state index in [0.29, 0.717) is 0 Å². The maximum atomic E-state index is 12.7. The SMILES string of the molecule is O=C(O)C[C@H](NC(=O)c1cc(C(=O)N[C@@H](CC(=O)O)C(=O)O)cc(C(=O)N[C@@H](CC(=O)O)C(=O)O)c1)C(=O)O. The van der Waals surface area contributed by atoms with Gasteiger partial charge in [-0.05, 0) is 18.2 Å². The summed E-state index contributed by atoms with van der Waals surface area (Å²) in [6, 6.07) is -3.72. The van der Waals surface area contributed by atoms with Crippen molar-refractivity contribution >= 4 is 53.5 Å².